The SMILES string of the molecule is Cc1cnccc1-c1nc2ccsc2c(=O)[nH]1. The predicted octanol–water partition coefficient (Wildman–Crippen LogP) is 2.36. The standard InChI is InChI=1S/C12H9N3OS/c1-7-6-13-4-2-8(7)11-14-9-3-5-17-10(9)12(16)15-11/h2-6H,1H3,(H,14,15,16). The zero-order chi connectivity index (χ0) is 11.8. The molecule has 5 heteroatoms. The molecule has 0 bridgehead atoms. The summed E-state index contributed by atoms with van der Waals surface area (Å²) in [7, 11) is 0. The van der Waals surface area contributed by atoms with Crippen LogP contribution in [0.1, 0.15) is 5.56 Å². The summed E-state index contributed by atoms with van der Waals surface area (Å²) < 4.78 is 0.667. The van der Waals surface area contributed by atoms with Crippen LogP contribution in [0.4, 0.5) is 0 Å². The molecule has 0 atom stereocenters. The van der Waals surface area contributed by atoms with Crippen LogP contribution in [0.5, 0.6) is 0 Å². The molecule has 0 saturated carbocycles. The molecule has 0 amide bonds. The molecule has 4 nitrogen and oxygen atoms in total. The Labute approximate surface area is 101 Å². The highest BCUT2D eigenvalue weighted by atomic mass is 32.1. The number of hydrogen-bond donors (Lipinski definition) is 1. The number of H-pyrrole nitrogens is 1. The van der Waals surface area contributed by atoms with Crippen molar-refractivity contribution >= 4 is 21.6 Å². The lowest BCUT2D eigenvalue weighted by Crippen LogP contribution is -2.08. The topological polar surface area (TPSA) is 58.6 Å². The Hall–Kier alpha value is -2.01. The third kappa shape index (κ3) is 1.64. The Morgan fingerprint density at radius 3 is 3.06 bits per heavy atom. The molecular weight excluding hydrogens is 234 g/mol. The van der Waals surface area contributed by atoms with Crippen molar-refractivity contribution in [3.8, 4) is 11.4 Å². The first-order valence-electron chi connectivity index (χ1n) is 5.14. The van der Waals surface area contributed by atoms with Crippen LogP contribution in [0.3, 0.4) is 0 Å². The highest BCUT2D eigenvalue weighted by Gasteiger charge is 2.08. The quantitative estimate of drug-likeness (QED) is 0.713. The number of thiophene rings is 1. The highest BCUT2D eigenvalue weighted by Crippen LogP contribution is 2.20. The summed E-state index contributed by atoms with van der Waals surface area (Å²) in [6.45, 7) is 1.94. The lowest BCUT2D eigenvalue weighted by atomic mass is 10.1. The van der Waals surface area contributed by atoms with Crippen molar-refractivity contribution in [2.24, 2.45) is 0 Å². The van der Waals surface area contributed by atoms with Gasteiger partial charge in [-0.15, -0.1) is 11.3 Å². The van der Waals surface area contributed by atoms with Gasteiger partial charge in [0, 0.05) is 18.0 Å². The summed E-state index contributed by atoms with van der Waals surface area (Å²) >= 11 is 1.40. The summed E-state index contributed by atoms with van der Waals surface area (Å²) in [5, 5.41) is 1.87. The number of nitrogens with one attached hydrogen (secondary N) is 1. The van der Waals surface area contributed by atoms with E-state index in [9.17, 15) is 4.79 Å². The van der Waals surface area contributed by atoms with Gasteiger partial charge in [-0.2, -0.15) is 0 Å². The van der Waals surface area contributed by atoms with Crippen LogP contribution in [0, 0.1) is 6.92 Å². The second-order valence-electron chi connectivity index (χ2n) is 3.74. The van der Waals surface area contributed by atoms with Crippen LogP contribution in [0.2, 0.25) is 0 Å². The van der Waals surface area contributed by atoms with Gasteiger partial charge in [-0.25, -0.2) is 4.98 Å². The molecule has 0 aliphatic heterocycles. The van der Waals surface area contributed by atoms with Crippen molar-refractivity contribution in [2.45, 2.75) is 6.92 Å². The van der Waals surface area contributed by atoms with E-state index < -0.39 is 0 Å². The predicted molar refractivity (Wildman–Crippen MR) is 68.2 cm³/mol. The number of pyridine rings is 1. The molecule has 0 saturated heterocycles. The first-order chi connectivity index (χ1) is 8.25. The number of fused-ring (bicyclic) bond motifs is 1. The van der Waals surface area contributed by atoms with E-state index in [1.807, 2.05) is 24.4 Å². The van der Waals surface area contributed by atoms with Crippen molar-refractivity contribution in [2.75, 3.05) is 0 Å². The molecule has 84 valence electrons. The van der Waals surface area contributed by atoms with Gasteiger partial charge in [0.25, 0.3) is 5.56 Å². The summed E-state index contributed by atoms with van der Waals surface area (Å²) in [6, 6.07) is 3.71. The van der Waals surface area contributed by atoms with Crippen LogP contribution in [0.25, 0.3) is 21.6 Å². The van der Waals surface area contributed by atoms with Gasteiger partial charge >= 0.3 is 0 Å². The summed E-state index contributed by atoms with van der Waals surface area (Å²) in [6.07, 6.45) is 3.45. The van der Waals surface area contributed by atoms with Gasteiger partial charge in [-0.3, -0.25) is 9.78 Å². The minimum atomic E-state index is -0.0868. The minimum Gasteiger partial charge on any atom is -0.305 e. The molecule has 0 radical (unpaired) electrons. The minimum absolute atomic E-state index is 0.0868. The van der Waals surface area contributed by atoms with E-state index in [0.29, 0.717) is 10.5 Å². The van der Waals surface area contributed by atoms with E-state index in [4.69, 9.17) is 0 Å². The lowest BCUT2D eigenvalue weighted by Gasteiger charge is -2.03. The van der Waals surface area contributed by atoms with E-state index in [-0.39, 0.29) is 5.56 Å². The smallest absolute Gasteiger partial charge is 0.269 e. The molecule has 0 fully saturated rings. The Bertz CT molecular complexity index is 745. The Morgan fingerprint density at radius 1 is 1.35 bits per heavy atom. The number of nitrogens with zero attached hydrogens (tertiary/aromatic N) is 2. The first kappa shape index (κ1) is 10.2. The first-order valence-corrected chi connectivity index (χ1v) is 6.02. The van der Waals surface area contributed by atoms with Gasteiger partial charge in [0.05, 0.1) is 5.52 Å². The maximum absolute atomic E-state index is 11.8. The van der Waals surface area contributed by atoms with Crippen LogP contribution in [-0.4, -0.2) is 15.0 Å². The highest BCUT2D eigenvalue weighted by molar-refractivity contribution is 7.17. The molecule has 17 heavy (non-hydrogen) atoms. The molecule has 0 spiro atoms. The fourth-order valence-electron chi connectivity index (χ4n) is 1.74. The van der Waals surface area contributed by atoms with Crippen molar-refractivity contribution in [1.82, 2.24) is 15.0 Å². The van der Waals surface area contributed by atoms with Crippen molar-refractivity contribution < 1.29 is 0 Å². The van der Waals surface area contributed by atoms with Crippen molar-refractivity contribution in [1.29, 1.82) is 0 Å². The van der Waals surface area contributed by atoms with E-state index in [2.05, 4.69) is 15.0 Å². The maximum Gasteiger partial charge on any atom is 0.269 e. The average molecular weight is 243 g/mol. The summed E-state index contributed by atoms with van der Waals surface area (Å²) in [4.78, 5) is 23.1. The zero-order valence-corrected chi connectivity index (χ0v) is 9.91. The second-order valence-corrected chi connectivity index (χ2v) is 4.66. The molecule has 0 unspecified atom stereocenters. The Morgan fingerprint density at radius 2 is 2.24 bits per heavy atom. The number of hydrogen-bond acceptors (Lipinski definition) is 4. The number of aromatic amines is 1. The van der Waals surface area contributed by atoms with Gasteiger partial charge in [0.1, 0.15) is 10.5 Å². The van der Waals surface area contributed by atoms with Crippen LogP contribution in [-0.2, 0) is 0 Å². The number of aryl methyl sites for hydroxylation is 1. The molecule has 3 rings (SSSR count). The fraction of sp³-hybridized carbons (Fsp3) is 0.0833. The van der Waals surface area contributed by atoms with E-state index in [1.165, 1.54) is 11.3 Å². The largest absolute Gasteiger partial charge is 0.305 e. The molecule has 3 aromatic heterocycles. The number of rotatable bonds is 1. The molecule has 1 N–H and O–H groups in total. The van der Waals surface area contributed by atoms with Crippen LogP contribution < -0.4 is 5.56 Å². The fourth-order valence-corrected chi connectivity index (χ4v) is 2.47. The zero-order valence-electron chi connectivity index (χ0n) is 9.10. The molecular formula is C12H9N3OS. The summed E-state index contributed by atoms with van der Waals surface area (Å²) in [5.74, 6) is 0.598. The van der Waals surface area contributed by atoms with Gasteiger partial charge in [0.2, 0.25) is 0 Å². The molecule has 0 aromatic carbocycles. The van der Waals surface area contributed by atoms with E-state index >= 15 is 0 Å². The molecule has 0 aliphatic rings. The van der Waals surface area contributed by atoms with Gasteiger partial charge in [-0.05, 0) is 30.0 Å². The van der Waals surface area contributed by atoms with Gasteiger partial charge in [0.15, 0.2) is 0 Å². The molecule has 0 aliphatic carbocycles. The lowest BCUT2D eigenvalue weighted by molar-refractivity contribution is 1.16. The third-order valence-electron chi connectivity index (χ3n) is 2.59. The van der Waals surface area contributed by atoms with Crippen molar-refractivity contribution in [3.05, 3.63) is 45.8 Å². The monoisotopic (exact) mass is 243 g/mol. The molecule has 3 heterocycles. The molecule has 3 aromatic rings. The van der Waals surface area contributed by atoms with E-state index in [0.717, 1.165) is 16.6 Å². The Kier molecular flexibility index (Phi) is 2.26. The van der Waals surface area contributed by atoms with E-state index in [1.54, 1.807) is 12.4 Å². The van der Waals surface area contributed by atoms with Crippen LogP contribution >= 0.6 is 11.3 Å². The Balaban J connectivity index is 2.32. The second kappa shape index (κ2) is 3.78. The van der Waals surface area contributed by atoms with Gasteiger partial charge in [-0.1, -0.05) is 0 Å². The summed E-state index contributed by atoms with van der Waals surface area (Å²) in [5.41, 5.74) is 2.55. The van der Waals surface area contributed by atoms with Gasteiger partial charge < -0.3 is 4.98 Å². The maximum atomic E-state index is 11.8. The van der Waals surface area contributed by atoms with Crippen molar-refractivity contribution in [3.63, 3.8) is 0 Å². The van der Waals surface area contributed by atoms with Crippen LogP contribution in [0.15, 0.2) is 34.7 Å². The average Bonchev–Trinajstić information content (AvgIpc) is 2.78. The number of aromatic nitrogens is 3. The third-order valence-corrected chi connectivity index (χ3v) is 3.49. The normalized spacial score (nSPS) is 10.9.